The first-order valence-corrected chi connectivity index (χ1v) is 8.93. The van der Waals surface area contributed by atoms with E-state index in [1.807, 2.05) is 0 Å². The Hall–Kier alpha value is -0.0900. The topological polar surface area (TPSA) is 46.2 Å². The van der Waals surface area contributed by atoms with Crippen LogP contribution in [0.4, 0.5) is 0 Å². The molecule has 0 aromatic carbocycles. The average molecular weight is 255 g/mol. The van der Waals surface area contributed by atoms with Crippen molar-refractivity contribution in [3.8, 4) is 0 Å². The molecule has 0 aromatic rings. The number of fused-ring (bicyclic) bond motifs is 5. The minimum atomic E-state index is -2.70. The third kappa shape index (κ3) is 1.67. The molecule has 0 amide bonds. The Morgan fingerprint density at radius 2 is 1.47 bits per heavy atom. The summed E-state index contributed by atoms with van der Waals surface area (Å²) in [7, 11) is -2.70. The quantitative estimate of drug-likeness (QED) is 0.806. The Labute approximate surface area is 103 Å². The number of nitrogens with one attached hydrogen (secondary N) is 1. The summed E-state index contributed by atoms with van der Waals surface area (Å²) in [4.78, 5) is 0. The van der Waals surface area contributed by atoms with Crippen LogP contribution in [0.5, 0.6) is 0 Å². The molecule has 17 heavy (non-hydrogen) atoms. The SMILES string of the molecule is O=S1(=O)CCC(NC2C3C4CCC(C4)C23)CC1. The van der Waals surface area contributed by atoms with Gasteiger partial charge < -0.3 is 5.32 Å². The molecule has 3 saturated carbocycles. The molecule has 4 rings (SSSR count). The molecule has 0 radical (unpaired) electrons. The highest BCUT2D eigenvalue weighted by Crippen LogP contribution is 2.65. The summed E-state index contributed by atoms with van der Waals surface area (Å²) in [6.45, 7) is 0. The van der Waals surface area contributed by atoms with Gasteiger partial charge in [0, 0.05) is 12.1 Å². The molecule has 1 heterocycles. The summed E-state index contributed by atoms with van der Waals surface area (Å²) in [6.07, 6.45) is 6.10. The summed E-state index contributed by atoms with van der Waals surface area (Å²) in [5.41, 5.74) is 0. The van der Waals surface area contributed by atoms with Gasteiger partial charge in [0.1, 0.15) is 9.84 Å². The second-order valence-electron chi connectivity index (χ2n) is 6.61. The molecular formula is C13H21NO2S. The molecule has 4 heteroatoms. The van der Waals surface area contributed by atoms with Crippen molar-refractivity contribution in [3.63, 3.8) is 0 Å². The van der Waals surface area contributed by atoms with Gasteiger partial charge in [-0.2, -0.15) is 0 Å². The zero-order chi connectivity index (χ0) is 11.6. The molecular weight excluding hydrogens is 234 g/mol. The average Bonchev–Trinajstić information content (AvgIpc) is 2.71. The van der Waals surface area contributed by atoms with E-state index in [4.69, 9.17) is 0 Å². The van der Waals surface area contributed by atoms with Crippen molar-refractivity contribution in [1.29, 1.82) is 0 Å². The molecule has 96 valence electrons. The van der Waals surface area contributed by atoms with E-state index in [2.05, 4.69) is 5.32 Å². The van der Waals surface area contributed by atoms with Crippen LogP contribution in [0.15, 0.2) is 0 Å². The van der Waals surface area contributed by atoms with Gasteiger partial charge in [0.05, 0.1) is 11.5 Å². The predicted molar refractivity (Wildman–Crippen MR) is 66.4 cm³/mol. The lowest BCUT2D eigenvalue weighted by Crippen LogP contribution is -2.40. The third-order valence-electron chi connectivity index (χ3n) is 5.72. The lowest BCUT2D eigenvalue weighted by atomic mass is 10.0. The maximum Gasteiger partial charge on any atom is 0.150 e. The Balaban J connectivity index is 1.35. The first kappa shape index (κ1) is 10.8. The molecule has 2 bridgehead atoms. The molecule has 3 aliphatic carbocycles. The maximum atomic E-state index is 11.4. The van der Waals surface area contributed by atoms with Crippen LogP contribution in [0.1, 0.15) is 32.1 Å². The summed E-state index contributed by atoms with van der Waals surface area (Å²) in [6, 6.07) is 1.24. The molecule has 0 aromatic heterocycles. The van der Waals surface area contributed by atoms with Gasteiger partial charge in [-0.15, -0.1) is 0 Å². The minimum Gasteiger partial charge on any atom is -0.311 e. The van der Waals surface area contributed by atoms with Crippen LogP contribution in [-0.4, -0.2) is 32.0 Å². The van der Waals surface area contributed by atoms with Crippen LogP contribution in [0.2, 0.25) is 0 Å². The van der Waals surface area contributed by atoms with Crippen molar-refractivity contribution in [2.75, 3.05) is 11.5 Å². The first-order valence-electron chi connectivity index (χ1n) is 7.10. The van der Waals surface area contributed by atoms with E-state index >= 15 is 0 Å². The van der Waals surface area contributed by atoms with Gasteiger partial charge in [-0.1, -0.05) is 0 Å². The second kappa shape index (κ2) is 3.47. The van der Waals surface area contributed by atoms with Crippen molar-refractivity contribution >= 4 is 9.84 Å². The van der Waals surface area contributed by atoms with Crippen LogP contribution >= 0.6 is 0 Å². The maximum absolute atomic E-state index is 11.4. The molecule has 1 N–H and O–H groups in total. The zero-order valence-corrected chi connectivity index (χ0v) is 11.0. The van der Waals surface area contributed by atoms with E-state index in [1.165, 1.54) is 19.3 Å². The van der Waals surface area contributed by atoms with E-state index in [0.717, 1.165) is 42.6 Å². The van der Waals surface area contributed by atoms with Gasteiger partial charge in [0.25, 0.3) is 0 Å². The molecule has 4 atom stereocenters. The molecule has 3 nitrogen and oxygen atoms in total. The van der Waals surface area contributed by atoms with Crippen LogP contribution in [0, 0.1) is 23.7 Å². The smallest absolute Gasteiger partial charge is 0.150 e. The Bertz CT molecular complexity index is 403. The van der Waals surface area contributed by atoms with Crippen molar-refractivity contribution in [2.45, 2.75) is 44.2 Å². The van der Waals surface area contributed by atoms with Gasteiger partial charge in [-0.05, 0) is 55.8 Å². The largest absolute Gasteiger partial charge is 0.311 e. The van der Waals surface area contributed by atoms with Crippen molar-refractivity contribution in [3.05, 3.63) is 0 Å². The van der Waals surface area contributed by atoms with E-state index < -0.39 is 9.84 Å². The zero-order valence-electron chi connectivity index (χ0n) is 10.1. The normalized spacial score (nSPS) is 51.4. The lowest BCUT2D eigenvalue weighted by molar-refractivity contribution is 0.396. The fourth-order valence-electron chi connectivity index (χ4n) is 4.88. The standard InChI is InChI=1S/C13H21NO2S/c15-17(16)5-3-10(4-6-17)14-13-11-8-1-2-9(7-8)12(11)13/h8-14H,1-7H2. The molecule has 1 aliphatic heterocycles. The minimum absolute atomic E-state index is 0.402. The van der Waals surface area contributed by atoms with E-state index in [-0.39, 0.29) is 0 Å². The van der Waals surface area contributed by atoms with E-state index in [9.17, 15) is 8.42 Å². The number of rotatable bonds is 2. The Morgan fingerprint density at radius 1 is 0.882 bits per heavy atom. The fourth-order valence-corrected chi connectivity index (χ4v) is 6.37. The van der Waals surface area contributed by atoms with Gasteiger partial charge in [0.15, 0.2) is 0 Å². The highest BCUT2D eigenvalue weighted by molar-refractivity contribution is 7.91. The van der Waals surface area contributed by atoms with Crippen molar-refractivity contribution in [1.82, 2.24) is 5.32 Å². The molecule has 4 unspecified atom stereocenters. The monoisotopic (exact) mass is 255 g/mol. The van der Waals surface area contributed by atoms with Gasteiger partial charge in [0.2, 0.25) is 0 Å². The van der Waals surface area contributed by atoms with Crippen LogP contribution in [0.25, 0.3) is 0 Å². The van der Waals surface area contributed by atoms with Crippen LogP contribution < -0.4 is 5.32 Å². The highest BCUT2D eigenvalue weighted by atomic mass is 32.2. The summed E-state index contributed by atoms with van der Waals surface area (Å²) >= 11 is 0. The number of hydrogen-bond acceptors (Lipinski definition) is 3. The molecule has 1 saturated heterocycles. The summed E-state index contributed by atoms with van der Waals surface area (Å²) in [5, 5.41) is 3.77. The molecule has 0 spiro atoms. The predicted octanol–water partition coefficient (Wildman–Crippen LogP) is 1.20. The Morgan fingerprint density at radius 3 is 2.06 bits per heavy atom. The summed E-state index contributed by atoms with van der Waals surface area (Å²) in [5.74, 6) is 4.75. The van der Waals surface area contributed by atoms with Gasteiger partial charge >= 0.3 is 0 Å². The van der Waals surface area contributed by atoms with Crippen LogP contribution in [0.3, 0.4) is 0 Å². The highest BCUT2D eigenvalue weighted by Gasteiger charge is 2.64. The van der Waals surface area contributed by atoms with E-state index in [1.54, 1.807) is 0 Å². The van der Waals surface area contributed by atoms with Crippen molar-refractivity contribution in [2.24, 2.45) is 23.7 Å². The number of sulfone groups is 1. The third-order valence-corrected chi connectivity index (χ3v) is 7.43. The molecule has 4 aliphatic rings. The second-order valence-corrected chi connectivity index (χ2v) is 8.91. The Kier molecular flexibility index (Phi) is 2.21. The number of hydrogen-bond donors (Lipinski definition) is 1. The fraction of sp³-hybridized carbons (Fsp3) is 1.00. The lowest BCUT2D eigenvalue weighted by Gasteiger charge is -2.24. The van der Waals surface area contributed by atoms with Crippen LogP contribution in [-0.2, 0) is 9.84 Å². The van der Waals surface area contributed by atoms with Gasteiger partial charge in [-0.25, -0.2) is 8.42 Å². The molecule has 4 fully saturated rings. The van der Waals surface area contributed by atoms with Crippen molar-refractivity contribution < 1.29 is 8.42 Å². The van der Waals surface area contributed by atoms with Gasteiger partial charge in [-0.3, -0.25) is 0 Å². The van der Waals surface area contributed by atoms with E-state index in [0.29, 0.717) is 17.5 Å². The first-order chi connectivity index (χ1) is 8.14. The summed E-state index contributed by atoms with van der Waals surface area (Å²) < 4.78 is 22.8.